The molecule has 5 unspecified atom stereocenters. The Hall–Kier alpha value is -2.37. The minimum Gasteiger partial charge on any atom is -0.493 e. The molecule has 5 atom stereocenters. The lowest BCUT2D eigenvalue weighted by molar-refractivity contribution is -0.277. The summed E-state index contributed by atoms with van der Waals surface area (Å²) in [5.74, 6) is -0.806. The van der Waals surface area contributed by atoms with E-state index in [0.717, 1.165) is 6.08 Å². The van der Waals surface area contributed by atoms with E-state index in [1.807, 2.05) is 0 Å². The molecule has 10 heteroatoms. The van der Waals surface area contributed by atoms with Gasteiger partial charge in [0.05, 0.1) is 20.8 Å². The van der Waals surface area contributed by atoms with Gasteiger partial charge in [-0.25, -0.2) is 4.79 Å². The van der Waals surface area contributed by atoms with Crippen LogP contribution in [0.15, 0.2) is 18.2 Å². The molecule has 1 fully saturated rings. The van der Waals surface area contributed by atoms with E-state index in [0.29, 0.717) is 5.56 Å². The Morgan fingerprint density at radius 1 is 1.11 bits per heavy atom. The van der Waals surface area contributed by atoms with Gasteiger partial charge in [-0.1, -0.05) is 0 Å². The van der Waals surface area contributed by atoms with Gasteiger partial charge in [-0.15, -0.1) is 0 Å². The first kappa shape index (κ1) is 20.9. The number of aliphatic hydroxyl groups excluding tert-OH is 4. The highest BCUT2D eigenvalue weighted by Gasteiger charge is 2.45. The van der Waals surface area contributed by atoms with Gasteiger partial charge in [0, 0.05) is 6.08 Å². The van der Waals surface area contributed by atoms with Crippen LogP contribution in [0.4, 0.5) is 0 Å². The lowest BCUT2D eigenvalue weighted by atomic mass is 9.99. The number of carbonyl (C=O) groups is 1. The first-order valence-corrected chi connectivity index (χ1v) is 7.96. The fourth-order valence-electron chi connectivity index (χ4n) is 2.56. The number of ether oxygens (including phenoxy) is 4. The minimum absolute atomic E-state index is 0.0248. The number of rotatable bonds is 7. The highest BCUT2D eigenvalue weighted by Crippen LogP contribution is 2.40. The fraction of sp³-hybridized carbons (Fsp3) is 0.471. The molecule has 0 radical (unpaired) electrons. The second-order valence-electron chi connectivity index (χ2n) is 5.74. The van der Waals surface area contributed by atoms with Gasteiger partial charge in [-0.3, -0.25) is 0 Å². The summed E-state index contributed by atoms with van der Waals surface area (Å²) in [7, 11) is 2.69. The van der Waals surface area contributed by atoms with Crippen molar-refractivity contribution < 1.29 is 49.3 Å². The number of aliphatic hydroxyl groups is 4. The Kier molecular flexibility index (Phi) is 6.99. The van der Waals surface area contributed by atoms with Crippen LogP contribution in [-0.4, -0.2) is 83.0 Å². The Bertz CT molecular complexity index is 661. The van der Waals surface area contributed by atoms with Crippen molar-refractivity contribution in [2.45, 2.75) is 30.7 Å². The summed E-state index contributed by atoms with van der Waals surface area (Å²) in [4.78, 5) is 10.7. The topological polar surface area (TPSA) is 155 Å². The van der Waals surface area contributed by atoms with Gasteiger partial charge in [0.15, 0.2) is 11.5 Å². The van der Waals surface area contributed by atoms with Crippen molar-refractivity contribution in [1.29, 1.82) is 0 Å². The van der Waals surface area contributed by atoms with E-state index in [1.165, 1.54) is 32.4 Å². The van der Waals surface area contributed by atoms with Crippen molar-refractivity contribution in [3.05, 3.63) is 23.8 Å². The van der Waals surface area contributed by atoms with E-state index in [2.05, 4.69) is 0 Å². The smallest absolute Gasteiger partial charge is 0.328 e. The molecule has 0 saturated carbocycles. The van der Waals surface area contributed by atoms with E-state index in [9.17, 15) is 25.2 Å². The van der Waals surface area contributed by atoms with Crippen LogP contribution in [0.25, 0.3) is 6.08 Å². The average Bonchev–Trinajstić information content (AvgIpc) is 2.66. The summed E-state index contributed by atoms with van der Waals surface area (Å²) < 4.78 is 21.4. The predicted octanol–water partition coefficient (Wildman–Crippen LogP) is -1.02. The van der Waals surface area contributed by atoms with Crippen molar-refractivity contribution in [2.75, 3.05) is 20.8 Å². The monoisotopic (exact) mass is 386 g/mol. The molecular formula is C17H22O10. The third-order valence-electron chi connectivity index (χ3n) is 3.98. The van der Waals surface area contributed by atoms with Crippen molar-refractivity contribution in [2.24, 2.45) is 0 Å². The summed E-state index contributed by atoms with van der Waals surface area (Å²) >= 11 is 0. The van der Waals surface area contributed by atoms with Crippen LogP contribution in [0.2, 0.25) is 0 Å². The van der Waals surface area contributed by atoms with E-state index in [-0.39, 0.29) is 17.2 Å². The van der Waals surface area contributed by atoms with Gasteiger partial charge >= 0.3 is 5.97 Å². The van der Waals surface area contributed by atoms with Gasteiger partial charge in [-0.05, 0) is 23.8 Å². The largest absolute Gasteiger partial charge is 0.493 e. The molecule has 0 amide bonds. The van der Waals surface area contributed by atoms with E-state index >= 15 is 0 Å². The lowest BCUT2D eigenvalue weighted by Crippen LogP contribution is -2.60. The van der Waals surface area contributed by atoms with Crippen LogP contribution < -0.4 is 14.2 Å². The maximum atomic E-state index is 10.7. The van der Waals surface area contributed by atoms with Crippen LogP contribution in [0.3, 0.4) is 0 Å². The molecule has 1 aromatic rings. The van der Waals surface area contributed by atoms with Gasteiger partial charge in [0.1, 0.15) is 24.4 Å². The van der Waals surface area contributed by atoms with E-state index < -0.39 is 43.3 Å². The highest BCUT2D eigenvalue weighted by atomic mass is 16.7. The Morgan fingerprint density at radius 2 is 1.70 bits per heavy atom. The van der Waals surface area contributed by atoms with Crippen LogP contribution >= 0.6 is 0 Å². The number of hydrogen-bond acceptors (Lipinski definition) is 9. The van der Waals surface area contributed by atoms with E-state index in [1.54, 1.807) is 0 Å². The number of carboxylic acids is 1. The summed E-state index contributed by atoms with van der Waals surface area (Å²) in [5, 5.41) is 47.8. The minimum atomic E-state index is -1.61. The normalized spacial score (nSPS) is 28.1. The Balaban J connectivity index is 2.35. The Morgan fingerprint density at radius 3 is 2.19 bits per heavy atom. The second-order valence-corrected chi connectivity index (χ2v) is 5.74. The zero-order valence-corrected chi connectivity index (χ0v) is 14.7. The molecule has 1 heterocycles. The molecule has 2 rings (SSSR count). The van der Waals surface area contributed by atoms with Gasteiger partial charge in [0.25, 0.3) is 0 Å². The van der Waals surface area contributed by atoms with Crippen LogP contribution in [0.1, 0.15) is 5.56 Å². The van der Waals surface area contributed by atoms with Crippen molar-refractivity contribution in [3.8, 4) is 17.2 Å². The maximum Gasteiger partial charge on any atom is 0.328 e. The van der Waals surface area contributed by atoms with Crippen LogP contribution in [0, 0.1) is 0 Å². The van der Waals surface area contributed by atoms with Gasteiger partial charge in [0.2, 0.25) is 12.0 Å². The molecule has 150 valence electrons. The molecular weight excluding hydrogens is 364 g/mol. The van der Waals surface area contributed by atoms with Crippen molar-refractivity contribution in [1.82, 2.24) is 0 Å². The number of hydrogen-bond donors (Lipinski definition) is 5. The molecule has 0 aromatic heterocycles. The molecule has 1 aliphatic heterocycles. The average molecular weight is 386 g/mol. The SMILES string of the molecule is COc1cc(/C=C/C(=O)O)cc(OC)c1OC1OC(CO)C(O)C(O)C1O. The molecule has 0 spiro atoms. The first-order valence-electron chi connectivity index (χ1n) is 7.96. The number of carboxylic acid groups (broad SMARTS) is 1. The quantitative estimate of drug-likeness (QED) is 0.368. The zero-order chi connectivity index (χ0) is 20.1. The third kappa shape index (κ3) is 4.67. The first-order chi connectivity index (χ1) is 12.8. The number of benzene rings is 1. The van der Waals surface area contributed by atoms with Gasteiger partial charge < -0.3 is 44.5 Å². The molecule has 0 bridgehead atoms. The fourth-order valence-corrected chi connectivity index (χ4v) is 2.56. The third-order valence-corrected chi connectivity index (χ3v) is 3.98. The summed E-state index contributed by atoms with van der Waals surface area (Å²) in [5.41, 5.74) is 0.451. The molecule has 1 saturated heterocycles. The van der Waals surface area contributed by atoms with Gasteiger partial charge in [-0.2, -0.15) is 0 Å². The summed E-state index contributed by atoms with van der Waals surface area (Å²) in [6.45, 7) is -0.599. The standard InChI is InChI=1S/C17H22O10/c1-24-9-5-8(3-4-12(19)20)6-10(25-2)16(9)27-17-15(23)14(22)13(21)11(7-18)26-17/h3-6,11,13-15,17-18,21-23H,7H2,1-2H3,(H,19,20)/b4-3+. The number of methoxy groups -OCH3 is 2. The molecule has 1 aliphatic rings. The zero-order valence-electron chi connectivity index (χ0n) is 14.7. The maximum absolute atomic E-state index is 10.7. The molecule has 27 heavy (non-hydrogen) atoms. The molecule has 5 N–H and O–H groups in total. The molecule has 0 aliphatic carbocycles. The predicted molar refractivity (Wildman–Crippen MR) is 90.6 cm³/mol. The number of aliphatic carboxylic acids is 1. The van der Waals surface area contributed by atoms with Crippen LogP contribution in [0.5, 0.6) is 17.2 Å². The lowest BCUT2D eigenvalue weighted by Gasteiger charge is -2.39. The second kappa shape index (κ2) is 9.02. The van der Waals surface area contributed by atoms with Crippen LogP contribution in [-0.2, 0) is 9.53 Å². The highest BCUT2D eigenvalue weighted by molar-refractivity contribution is 5.85. The van der Waals surface area contributed by atoms with Crippen molar-refractivity contribution >= 4 is 12.0 Å². The van der Waals surface area contributed by atoms with E-state index in [4.69, 9.17) is 24.1 Å². The summed E-state index contributed by atoms with van der Waals surface area (Å²) in [6, 6.07) is 2.95. The van der Waals surface area contributed by atoms with Crippen molar-refractivity contribution in [3.63, 3.8) is 0 Å². The molecule has 10 nitrogen and oxygen atoms in total. The molecule has 1 aromatic carbocycles. The Labute approximate surface area is 154 Å². The summed E-state index contributed by atoms with van der Waals surface area (Å²) in [6.07, 6.45) is -5.03.